The van der Waals surface area contributed by atoms with Crippen LogP contribution in [0.1, 0.15) is 11.1 Å². The van der Waals surface area contributed by atoms with Crippen LogP contribution in [0.25, 0.3) is 0 Å². The number of aromatic amines is 1. The third-order valence-corrected chi connectivity index (χ3v) is 4.36. The van der Waals surface area contributed by atoms with E-state index in [-0.39, 0.29) is 16.5 Å². The molecule has 0 aliphatic rings. The van der Waals surface area contributed by atoms with Crippen LogP contribution in [-0.2, 0) is 16.6 Å². The number of nitrogens with one attached hydrogen (secondary N) is 2. The van der Waals surface area contributed by atoms with Crippen LogP contribution < -0.4 is 4.72 Å². The number of rotatable bonds is 4. The fraction of sp³-hybridized carbons (Fsp3) is 0.0833. The van der Waals surface area contributed by atoms with Crippen molar-refractivity contribution in [1.29, 1.82) is 5.26 Å². The molecule has 5 nitrogen and oxygen atoms in total. The van der Waals surface area contributed by atoms with Gasteiger partial charge in [0.2, 0.25) is 10.0 Å². The molecule has 7 heteroatoms. The number of benzene rings is 1. The zero-order chi connectivity index (χ0) is 13.9. The first kappa shape index (κ1) is 13.6. The summed E-state index contributed by atoms with van der Waals surface area (Å²) in [6, 6.07) is 7.72. The molecular formula is C12H10ClN3O2S. The lowest BCUT2D eigenvalue weighted by atomic mass is 10.2. The second kappa shape index (κ2) is 5.45. The smallest absolute Gasteiger partial charge is 0.242 e. The molecule has 0 unspecified atom stereocenters. The molecule has 2 N–H and O–H groups in total. The number of nitrogens with zero attached hydrogens (tertiary/aromatic N) is 1. The molecule has 1 aromatic carbocycles. The van der Waals surface area contributed by atoms with E-state index in [9.17, 15) is 8.42 Å². The summed E-state index contributed by atoms with van der Waals surface area (Å²) in [5.74, 6) is 0. The molecule has 0 aliphatic heterocycles. The Morgan fingerprint density at radius 1 is 1.37 bits per heavy atom. The van der Waals surface area contributed by atoms with E-state index in [1.807, 2.05) is 6.07 Å². The highest BCUT2D eigenvalue weighted by atomic mass is 35.5. The van der Waals surface area contributed by atoms with Gasteiger partial charge in [-0.15, -0.1) is 0 Å². The Balaban J connectivity index is 2.22. The molecule has 1 heterocycles. The van der Waals surface area contributed by atoms with Crippen LogP contribution in [0.15, 0.2) is 41.6 Å². The average molecular weight is 296 g/mol. The van der Waals surface area contributed by atoms with Gasteiger partial charge in [0.1, 0.15) is 4.90 Å². The van der Waals surface area contributed by atoms with Crippen molar-refractivity contribution >= 4 is 21.6 Å². The van der Waals surface area contributed by atoms with E-state index >= 15 is 0 Å². The Labute approximate surface area is 115 Å². The Morgan fingerprint density at radius 2 is 2.16 bits per heavy atom. The van der Waals surface area contributed by atoms with Crippen molar-refractivity contribution in [3.05, 3.63) is 52.8 Å². The Morgan fingerprint density at radius 3 is 2.74 bits per heavy atom. The van der Waals surface area contributed by atoms with Crippen molar-refractivity contribution in [2.45, 2.75) is 11.4 Å². The van der Waals surface area contributed by atoms with Gasteiger partial charge in [-0.1, -0.05) is 11.6 Å². The van der Waals surface area contributed by atoms with Gasteiger partial charge in [0.25, 0.3) is 0 Å². The van der Waals surface area contributed by atoms with Gasteiger partial charge in [0.05, 0.1) is 16.7 Å². The molecule has 0 saturated carbocycles. The first-order valence-electron chi connectivity index (χ1n) is 5.34. The largest absolute Gasteiger partial charge is 0.367 e. The molecule has 0 bridgehead atoms. The summed E-state index contributed by atoms with van der Waals surface area (Å²) in [5.41, 5.74) is 1.13. The molecule has 19 heavy (non-hydrogen) atoms. The SMILES string of the molecule is N#Cc1ccc(S(=O)(=O)NCc2cc[nH]c2)c(Cl)c1. The van der Waals surface area contributed by atoms with Crippen molar-refractivity contribution in [1.82, 2.24) is 9.71 Å². The normalized spacial score (nSPS) is 11.2. The highest BCUT2D eigenvalue weighted by Gasteiger charge is 2.17. The highest BCUT2D eigenvalue weighted by Crippen LogP contribution is 2.22. The zero-order valence-electron chi connectivity index (χ0n) is 9.72. The van der Waals surface area contributed by atoms with Gasteiger partial charge < -0.3 is 4.98 Å². The maximum Gasteiger partial charge on any atom is 0.242 e. The van der Waals surface area contributed by atoms with E-state index in [1.165, 1.54) is 18.2 Å². The van der Waals surface area contributed by atoms with Crippen LogP contribution in [0.5, 0.6) is 0 Å². The number of aromatic nitrogens is 1. The van der Waals surface area contributed by atoms with E-state index in [1.54, 1.807) is 18.5 Å². The molecule has 0 fully saturated rings. The number of sulfonamides is 1. The van der Waals surface area contributed by atoms with Gasteiger partial charge in [0, 0.05) is 18.9 Å². The van der Waals surface area contributed by atoms with Crippen molar-refractivity contribution in [2.75, 3.05) is 0 Å². The van der Waals surface area contributed by atoms with E-state index in [0.717, 1.165) is 5.56 Å². The number of nitriles is 1. The fourth-order valence-corrected chi connectivity index (χ4v) is 3.07. The number of H-pyrrole nitrogens is 1. The molecular weight excluding hydrogens is 286 g/mol. The first-order chi connectivity index (χ1) is 9.03. The van der Waals surface area contributed by atoms with Crippen molar-refractivity contribution < 1.29 is 8.42 Å². The number of hydrogen-bond donors (Lipinski definition) is 2. The van der Waals surface area contributed by atoms with Crippen LogP contribution in [-0.4, -0.2) is 13.4 Å². The predicted molar refractivity (Wildman–Crippen MR) is 71.0 cm³/mol. The molecule has 0 atom stereocenters. The summed E-state index contributed by atoms with van der Waals surface area (Å²) in [6.07, 6.45) is 3.40. The van der Waals surface area contributed by atoms with E-state index in [2.05, 4.69) is 9.71 Å². The maximum atomic E-state index is 12.1. The van der Waals surface area contributed by atoms with Crippen LogP contribution in [0, 0.1) is 11.3 Å². The van der Waals surface area contributed by atoms with E-state index in [0.29, 0.717) is 5.56 Å². The molecule has 0 radical (unpaired) electrons. The van der Waals surface area contributed by atoms with Gasteiger partial charge in [-0.05, 0) is 29.8 Å². The monoisotopic (exact) mass is 295 g/mol. The molecule has 0 saturated heterocycles. The summed E-state index contributed by atoms with van der Waals surface area (Å²) in [4.78, 5) is 2.80. The third kappa shape index (κ3) is 3.15. The summed E-state index contributed by atoms with van der Waals surface area (Å²) < 4.78 is 26.6. The molecule has 0 aliphatic carbocycles. The molecule has 0 amide bonds. The van der Waals surface area contributed by atoms with Crippen molar-refractivity contribution in [2.24, 2.45) is 0 Å². The minimum atomic E-state index is -3.70. The van der Waals surface area contributed by atoms with Crippen molar-refractivity contribution in [3.8, 4) is 6.07 Å². The summed E-state index contributed by atoms with van der Waals surface area (Å²) >= 11 is 5.88. The first-order valence-corrected chi connectivity index (χ1v) is 7.20. The molecule has 98 valence electrons. The lowest BCUT2D eigenvalue weighted by Gasteiger charge is -2.07. The lowest BCUT2D eigenvalue weighted by Crippen LogP contribution is -2.23. The summed E-state index contributed by atoms with van der Waals surface area (Å²) in [5, 5.41) is 8.74. The fourth-order valence-electron chi connectivity index (χ4n) is 1.51. The molecule has 1 aromatic heterocycles. The quantitative estimate of drug-likeness (QED) is 0.905. The highest BCUT2D eigenvalue weighted by molar-refractivity contribution is 7.89. The Bertz CT molecular complexity index is 718. The Kier molecular flexibility index (Phi) is 3.90. The number of halogens is 1. The second-order valence-electron chi connectivity index (χ2n) is 3.80. The van der Waals surface area contributed by atoms with E-state index < -0.39 is 10.0 Å². The Hall–Kier alpha value is -1.81. The van der Waals surface area contributed by atoms with Gasteiger partial charge in [-0.3, -0.25) is 0 Å². The van der Waals surface area contributed by atoms with Crippen LogP contribution in [0.2, 0.25) is 5.02 Å². The van der Waals surface area contributed by atoms with Crippen LogP contribution in [0.4, 0.5) is 0 Å². The van der Waals surface area contributed by atoms with Gasteiger partial charge in [0.15, 0.2) is 0 Å². The average Bonchev–Trinajstić information content (AvgIpc) is 2.89. The third-order valence-electron chi connectivity index (χ3n) is 2.48. The maximum absolute atomic E-state index is 12.1. The molecule has 0 spiro atoms. The van der Waals surface area contributed by atoms with Gasteiger partial charge >= 0.3 is 0 Å². The minimum Gasteiger partial charge on any atom is -0.367 e. The lowest BCUT2D eigenvalue weighted by molar-refractivity contribution is 0.581. The van der Waals surface area contributed by atoms with Gasteiger partial charge in [-0.25, -0.2) is 13.1 Å². The number of hydrogen-bond acceptors (Lipinski definition) is 3. The van der Waals surface area contributed by atoms with Gasteiger partial charge in [-0.2, -0.15) is 5.26 Å². The molecule has 2 aromatic rings. The van der Waals surface area contributed by atoms with Crippen LogP contribution >= 0.6 is 11.6 Å². The van der Waals surface area contributed by atoms with Crippen LogP contribution in [0.3, 0.4) is 0 Å². The second-order valence-corrected chi connectivity index (χ2v) is 5.94. The summed E-state index contributed by atoms with van der Waals surface area (Å²) in [7, 11) is -3.70. The topological polar surface area (TPSA) is 85.8 Å². The standard InChI is InChI=1S/C12H10ClN3O2S/c13-11-5-9(6-14)1-2-12(11)19(17,18)16-8-10-3-4-15-7-10/h1-5,7,15-16H,8H2. The predicted octanol–water partition coefficient (Wildman–Crippen LogP) is 2.02. The summed E-state index contributed by atoms with van der Waals surface area (Å²) in [6.45, 7) is 0.169. The zero-order valence-corrected chi connectivity index (χ0v) is 11.3. The minimum absolute atomic E-state index is 0.0284. The van der Waals surface area contributed by atoms with Crippen molar-refractivity contribution in [3.63, 3.8) is 0 Å². The molecule has 2 rings (SSSR count). The van der Waals surface area contributed by atoms with E-state index in [4.69, 9.17) is 16.9 Å².